The minimum atomic E-state index is -1.20. The van der Waals surface area contributed by atoms with Crippen LogP contribution in [0.25, 0.3) is 11.0 Å². The number of halogens is 1. The van der Waals surface area contributed by atoms with Crippen molar-refractivity contribution in [3.63, 3.8) is 0 Å². The fourth-order valence-corrected chi connectivity index (χ4v) is 3.06. The van der Waals surface area contributed by atoms with Crippen molar-refractivity contribution >= 4 is 28.6 Å². The highest BCUT2D eigenvalue weighted by Crippen LogP contribution is 2.35. The Morgan fingerprint density at radius 3 is 2.68 bits per heavy atom. The fourth-order valence-electron chi connectivity index (χ4n) is 2.77. The predicted molar refractivity (Wildman–Crippen MR) is 79.3 cm³/mol. The molecule has 0 saturated carbocycles. The monoisotopic (exact) mass is 328 g/mol. The zero-order chi connectivity index (χ0) is 16.0. The van der Waals surface area contributed by atoms with Crippen molar-refractivity contribution in [3.8, 4) is 0 Å². The molecule has 0 bridgehead atoms. The van der Waals surface area contributed by atoms with Crippen LogP contribution >= 0.6 is 11.6 Å². The normalized spacial score (nSPS) is 28.6. The summed E-state index contributed by atoms with van der Waals surface area (Å²) in [6.07, 6.45) is -1.73. The predicted octanol–water partition coefficient (Wildman–Crippen LogP) is -0.159. The van der Waals surface area contributed by atoms with E-state index < -0.39 is 31.1 Å². The summed E-state index contributed by atoms with van der Waals surface area (Å²) < 4.78 is 7.11. The first-order chi connectivity index (χ1) is 10.5. The lowest BCUT2D eigenvalue weighted by atomic mass is 10.1. The van der Waals surface area contributed by atoms with Crippen LogP contribution < -0.4 is 5.73 Å². The van der Waals surface area contributed by atoms with Crippen molar-refractivity contribution in [2.45, 2.75) is 37.9 Å². The van der Waals surface area contributed by atoms with Gasteiger partial charge in [-0.1, -0.05) is 18.5 Å². The Balaban J connectivity index is 2.15. The van der Waals surface area contributed by atoms with Crippen LogP contribution in [0, 0.1) is 0 Å². The van der Waals surface area contributed by atoms with Crippen molar-refractivity contribution in [2.75, 3.05) is 12.3 Å². The van der Waals surface area contributed by atoms with E-state index >= 15 is 0 Å². The van der Waals surface area contributed by atoms with Crippen molar-refractivity contribution < 1.29 is 20.1 Å². The SMILES string of the molecule is CCc1cn([C@@H]2O[C@H](CO)[C@@H](O)[C@H]2O)c2nc(N)nc(Cl)c12. The lowest BCUT2D eigenvalue weighted by Crippen LogP contribution is -2.33. The van der Waals surface area contributed by atoms with Gasteiger partial charge in [-0.3, -0.25) is 0 Å². The van der Waals surface area contributed by atoms with Crippen LogP contribution in [0.3, 0.4) is 0 Å². The van der Waals surface area contributed by atoms with E-state index in [2.05, 4.69) is 9.97 Å². The molecule has 1 aliphatic heterocycles. The Hall–Kier alpha value is -1.45. The molecule has 2 aromatic rings. The number of anilines is 1. The molecule has 0 aromatic carbocycles. The summed E-state index contributed by atoms with van der Waals surface area (Å²) in [5.74, 6) is 0.00578. The molecule has 120 valence electrons. The molecule has 2 aromatic heterocycles. The van der Waals surface area contributed by atoms with Crippen LogP contribution in [0.5, 0.6) is 0 Å². The number of ether oxygens (including phenoxy) is 1. The van der Waals surface area contributed by atoms with Crippen molar-refractivity contribution in [1.82, 2.24) is 14.5 Å². The molecule has 1 fully saturated rings. The van der Waals surface area contributed by atoms with Crippen LogP contribution in [0.4, 0.5) is 5.95 Å². The maximum Gasteiger partial charge on any atom is 0.223 e. The highest BCUT2D eigenvalue weighted by Gasteiger charge is 2.44. The number of aryl methyl sites for hydroxylation is 1. The fraction of sp³-hybridized carbons (Fsp3) is 0.538. The first kappa shape index (κ1) is 15.4. The second-order valence-electron chi connectivity index (χ2n) is 5.22. The summed E-state index contributed by atoms with van der Waals surface area (Å²) in [6.45, 7) is 1.55. The molecular formula is C13H17ClN4O4. The van der Waals surface area contributed by atoms with E-state index in [1.165, 1.54) is 0 Å². The second-order valence-corrected chi connectivity index (χ2v) is 5.57. The number of aromatic nitrogens is 3. The van der Waals surface area contributed by atoms with E-state index in [1.807, 2.05) is 6.92 Å². The molecule has 3 heterocycles. The van der Waals surface area contributed by atoms with Gasteiger partial charge in [-0.15, -0.1) is 0 Å². The molecule has 4 atom stereocenters. The molecule has 0 radical (unpaired) electrons. The molecule has 1 saturated heterocycles. The van der Waals surface area contributed by atoms with E-state index in [-0.39, 0.29) is 11.1 Å². The quantitative estimate of drug-likeness (QED) is 0.577. The number of nitrogen functional groups attached to an aromatic ring is 1. The average Bonchev–Trinajstić information content (AvgIpc) is 2.98. The summed E-state index contributed by atoms with van der Waals surface area (Å²) in [5, 5.41) is 30.1. The van der Waals surface area contributed by atoms with Gasteiger partial charge in [0.05, 0.1) is 12.0 Å². The third-order valence-electron chi connectivity index (χ3n) is 3.90. The summed E-state index contributed by atoms with van der Waals surface area (Å²) in [4.78, 5) is 8.11. The number of nitrogens with two attached hydrogens (primary N) is 1. The number of nitrogens with zero attached hydrogens (tertiary/aromatic N) is 3. The van der Waals surface area contributed by atoms with Gasteiger partial charge < -0.3 is 30.4 Å². The molecule has 9 heteroatoms. The minimum Gasteiger partial charge on any atom is -0.394 e. The number of rotatable bonds is 3. The molecule has 0 unspecified atom stereocenters. The van der Waals surface area contributed by atoms with Crippen LogP contribution in [-0.4, -0.2) is 54.8 Å². The topological polar surface area (TPSA) is 127 Å². The largest absolute Gasteiger partial charge is 0.394 e. The molecule has 1 aliphatic rings. The van der Waals surface area contributed by atoms with Gasteiger partial charge in [0.2, 0.25) is 5.95 Å². The highest BCUT2D eigenvalue weighted by atomic mass is 35.5. The van der Waals surface area contributed by atoms with E-state index in [4.69, 9.17) is 22.1 Å². The first-order valence-corrected chi connectivity index (χ1v) is 7.30. The average molecular weight is 329 g/mol. The zero-order valence-electron chi connectivity index (χ0n) is 11.8. The number of hydrogen-bond donors (Lipinski definition) is 4. The number of fused-ring (bicyclic) bond motifs is 1. The maximum atomic E-state index is 10.2. The Labute approximate surface area is 131 Å². The minimum absolute atomic E-state index is 0.00578. The van der Waals surface area contributed by atoms with Crippen LogP contribution in [0.15, 0.2) is 6.20 Å². The van der Waals surface area contributed by atoms with Gasteiger partial charge in [0.1, 0.15) is 29.1 Å². The first-order valence-electron chi connectivity index (χ1n) is 6.92. The van der Waals surface area contributed by atoms with E-state index in [0.717, 1.165) is 5.56 Å². The molecule has 5 N–H and O–H groups in total. The smallest absolute Gasteiger partial charge is 0.223 e. The Morgan fingerprint density at radius 2 is 2.09 bits per heavy atom. The zero-order valence-corrected chi connectivity index (χ0v) is 12.6. The lowest BCUT2D eigenvalue weighted by molar-refractivity contribution is -0.0509. The Bertz CT molecular complexity index is 707. The standard InChI is InChI=1S/C13H17ClN4O4/c1-2-5-3-18(11-7(5)10(14)16-13(15)17-11)12-9(21)8(20)6(4-19)22-12/h3,6,8-9,12,19-21H,2,4H2,1H3,(H2,15,16,17)/t6-,8-,9-,12-/m1/s1. The van der Waals surface area contributed by atoms with E-state index in [0.29, 0.717) is 17.5 Å². The van der Waals surface area contributed by atoms with Gasteiger partial charge >= 0.3 is 0 Å². The third-order valence-corrected chi connectivity index (χ3v) is 4.17. The van der Waals surface area contributed by atoms with Crippen LogP contribution in [0.1, 0.15) is 18.7 Å². The van der Waals surface area contributed by atoms with Crippen molar-refractivity contribution in [1.29, 1.82) is 0 Å². The molecular weight excluding hydrogens is 312 g/mol. The van der Waals surface area contributed by atoms with Gasteiger partial charge in [0.25, 0.3) is 0 Å². The van der Waals surface area contributed by atoms with Crippen LogP contribution in [-0.2, 0) is 11.2 Å². The Kier molecular flexibility index (Phi) is 3.96. The Morgan fingerprint density at radius 1 is 1.36 bits per heavy atom. The highest BCUT2D eigenvalue weighted by molar-refractivity contribution is 6.34. The van der Waals surface area contributed by atoms with Crippen LogP contribution in [0.2, 0.25) is 5.15 Å². The molecule has 0 spiro atoms. The van der Waals surface area contributed by atoms with Gasteiger partial charge in [-0.25, -0.2) is 4.98 Å². The van der Waals surface area contributed by atoms with Gasteiger partial charge in [-0.2, -0.15) is 4.98 Å². The summed E-state index contributed by atoms with van der Waals surface area (Å²) in [6, 6.07) is 0. The summed E-state index contributed by atoms with van der Waals surface area (Å²) in [5.41, 5.74) is 6.94. The van der Waals surface area contributed by atoms with Gasteiger partial charge in [0.15, 0.2) is 6.23 Å². The summed E-state index contributed by atoms with van der Waals surface area (Å²) >= 11 is 6.15. The molecule has 8 nitrogen and oxygen atoms in total. The lowest BCUT2D eigenvalue weighted by Gasteiger charge is -2.17. The van der Waals surface area contributed by atoms with Gasteiger partial charge in [-0.05, 0) is 12.0 Å². The number of aliphatic hydroxyl groups is 3. The van der Waals surface area contributed by atoms with Gasteiger partial charge in [0, 0.05) is 6.20 Å². The number of aliphatic hydroxyl groups excluding tert-OH is 3. The molecule has 3 rings (SSSR count). The number of hydrogen-bond acceptors (Lipinski definition) is 7. The second kappa shape index (κ2) is 5.64. The maximum absolute atomic E-state index is 10.2. The van der Waals surface area contributed by atoms with Crippen molar-refractivity contribution in [2.24, 2.45) is 0 Å². The molecule has 0 aliphatic carbocycles. The third kappa shape index (κ3) is 2.24. The molecule has 0 amide bonds. The van der Waals surface area contributed by atoms with E-state index in [1.54, 1.807) is 10.8 Å². The molecule has 22 heavy (non-hydrogen) atoms. The summed E-state index contributed by atoms with van der Waals surface area (Å²) in [7, 11) is 0. The van der Waals surface area contributed by atoms with E-state index in [9.17, 15) is 15.3 Å². The van der Waals surface area contributed by atoms with Crippen molar-refractivity contribution in [3.05, 3.63) is 16.9 Å².